The van der Waals surface area contributed by atoms with Crippen LogP contribution in [-0.4, -0.2) is 34.1 Å². The fourth-order valence-electron chi connectivity index (χ4n) is 1.58. The number of carboxylic acids is 1. The van der Waals surface area contributed by atoms with Crippen LogP contribution in [0.15, 0.2) is 12.1 Å². The molecule has 1 aromatic heterocycles. The lowest BCUT2D eigenvalue weighted by Gasteiger charge is -2.20. The first-order chi connectivity index (χ1) is 9.01. The Morgan fingerprint density at radius 3 is 2.79 bits per heavy atom. The molecule has 0 saturated carbocycles. The molecular formula is C12H13N3O4. The lowest BCUT2D eigenvalue weighted by atomic mass is 10.3. The van der Waals surface area contributed by atoms with E-state index in [-0.39, 0.29) is 23.7 Å². The summed E-state index contributed by atoms with van der Waals surface area (Å²) in [5.74, 6) is 1.13. The minimum absolute atomic E-state index is 0.00954. The Labute approximate surface area is 110 Å². The zero-order chi connectivity index (χ0) is 14.4. The highest BCUT2D eigenvalue weighted by molar-refractivity contribution is 5.86. The molecule has 1 rings (SSSR count). The van der Waals surface area contributed by atoms with Gasteiger partial charge in [-0.1, -0.05) is 12.8 Å². The normalized spacial score (nSPS) is 9.68. The number of carbonyl (C=O) groups is 1. The first-order valence-electron chi connectivity index (χ1n) is 5.58. The Kier molecular flexibility index (Phi) is 4.83. The molecule has 19 heavy (non-hydrogen) atoms. The van der Waals surface area contributed by atoms with Crippen molar-refractivity contribution in [2.75, 3.05) is 18.0 Å². The maximum Gasteiger partial charge on any atom is 0.354 e. The van der Waals surface area contributed by atoms with Crippen LogP contribution < -0.4 is 4.90 Å². The number of terminal acetylenes is 1. The molecule has 0 saturated heterocycles. The van der Waals surface area contributed by atoms with Gasteiger partial charge in [0.1, 0.15) is 0 Å². The van der Waals surface area contributed by atoms with Crippen molar-refractivity contribution in [2.24, 2.45) is 0 Å². The average Bonchev–Trinajstić information content (AvgIpc) is 2.37. The summed E-state index contributed by atoms with van der Waals surface area (Å²) in [5.41, 5.74) is -0.507. The van der Waals surface area contributed by atoms with E-state index >= 15 is 0 Å². The molecule has 7 nitrogen and oxygen atoms in total. The summed E-state index contributed by atoms with van der Waals surface area (Å²) in [6.45, 7) is 2.47. The fourth-order valence-corrected chi connectivity index (χ4v) is 1.58. The fraction of sp³-hybridized carbons (Fsp3) is 0.333. The molecule has 1 aromatic rings. The monoisotopic (exact) mass is 263 g/mol. The predicted molar refractivity (Wildman–Crippen MR) is 69.2 cm³/mol. The number of carboxylic acid groups (broad SMARTS) is 1. The van der Waals surface area contributed by atoms with Gasteiger partial charge in [0.05, 0.1) is 11.5 Å². The van der Waals surface area contributed by atoms with E-state index in [2.05, 4.69) is 10.9 Å². The number of anilines is 1. The molecule has 7 heteroatoms. The molecule has 0 amide bonds. The van der Waals surface area contributed by atoms with Crippen LogP contribution in [0.4, 0.5) is 11.5 Å². The summed E-state index contributed by atoms with van der Waals surface area (Å²) in [6, 6.07) is 2.23. The standard InChI is InChI=1S/C12H13N3O4/c1-3-7-14(8-4-2)11-10(15(18)19)6-5-9(13-11)12(16)17/h1,5-6H,4,7-8H2,2H3,(H,16,17). The Morgan fingerprint density at radius 2 is 2.32 bits per heavy atom. The number of hydrogen-bond acceptors (Lipinski definition) is 5. The maximum absolute atomic E-state index is 11.0. The summed E-state index contributed by atoms with van der Waals surface area (Å²) in [4.78, 5) is 26.6. The first kappa shape index (κ1) is 14.4. The molecule has 0 radical (unpaired) electrons. The smallest absolute Gasteiger partial charge is 0.354 e. The summed E-state index contributed by atoms with van der Waals surface area (Å²) in [7, 11) is 0. The van der Waals surface area contributed by atoms with Gasteiger partial charge in [-0.05, 0) is 12.5 Å². The summed E-state index contributed by atoms with van der Waals surface area (Å²) >= 11 is 0. The van der Waals surface area contributed by atoms with Crippen LogP contribution in [0.2, 0.25) is 0 Å². The number of pyridine rings is 1. The zero-order valence-electron chi connectivity index (χ0n) is 10.4. The van der Waals surface area contributed by atoms with E-state index in [0.29, 0.717) is 13.0 Å². The van der Waals surface area contributed by atoms with Gasteiger partial charge >= 0.3 is 11.7 Å². The van der Waals surface area contributed by atoms with Gasteiger partial charge in [0.15, 0.2) is 5.69 Å². The van der Waals surface area contributed by atoms with Crippen LogP contribution in [0.3, 0.4) is 0 Å². The minimum atomic E-state index is -1.24. The third-order valence-electron chi connectivity index (χ3n) is 2.35. The van der Waals surface area contributed by atoms with Crippen molar-refractivity contribution in [3.63, 3.8) is 0 Å². The van der Waals surface area contributed by atoms with Gasteiger partial charge in [-0.3, -0.25) is 10.1 Å². The third-order valence-corrected chi connectivity index (χ3v) is 2.35. The Morgan fingerprint density at radius 1 is 1.63 bits per heavy atom. The lowest BCUT2D eigenvalue weighted by Crippen LogP contribution is -2.27. The second-order valence-corrected chi connectivity index (χ2v) is 3.73. The Balaban J connectivity index is 3.33. The van der Waals surface area contributed by atoms with Crippen LogP contribution in [0, 0.1) is 22.5 Å². The Bertz CT molecular complexity index is 536. The highest BCUT2D eigenvalue weighted by Crippen LogP contribution is 2.26. The van der Waals surface area contributed by atoms with Gasteiger partial charge in [-0.25, -0.2) is 9.78 Å². The third kappa shape index (κ3) is 3.42. The highest BCUT2D eigenvalue weighted by atomic mass is 16.6. The number of rotatable bonds is 6. The zero-order valence-corrected chi connectivity index (χ0v) is 10.4. The quantitative estimate of drug-likeness (QED) is 0.475. The van der Waals surface area contributed by atoms with Gasteiger partial charge in [0.2, 0.25) is 5.82 Å². The number of aromatic nitrogens is 1. The van der Waals surface area contributed by atoms with Crippen molar-refractivity contribution in [1.82, 2.24) is 4.98 Å². The van der Waals surface area contributed by atoms with Gasteiger partial charge in [-0.2, -0.15) is 0 Å². The van der Waals surface area contributed by atoms with Crippen molar-refractivity contribution in [3.8, 4) is 12.3 Å². The molecule has 0 atom stereocenters. The van der Waals surface area contributed by atoms with E-state index in [0.717, 1.165) is 12.1 Å². The molecule has 0 aliphatic heterocycles. The summed E-state index contributed by atoms with van der Waals surface area (Å²) < 4.78 is 0. The van der Waals surface area contributed by atoms with Gasteiger partial charge in [0.25, 0.3) is 0 Å². The largest absolute Gasteiger partial charge is 0.477 e. The summed E-state index contributed by atoms with van der Waals surface area (Å²) in [6.07, 6.45) is 5.92. The molecule has 0 spiro atoms. The summed E-state index contributed by atoms with van der Waals surface area (Å²) in [5, 5.41) is 19.8. The van der Waals surface area contributed by atoms with E-state index in [1.165, 1.54) is 4.90 Å². The highest BCUT2D eigenvalue weighted by Gasteiger charge is 2.22. The molecule has 0 aromatic carbocycles. The van der Waals surface area contributed by atoms with Crippen molar-refractivity contribution >= 4 is 17.5 Å². The predicted octanol–water partition coefficient (Wildman–Crippen LogP) is 1.54. The molecule has 0 unspecified atom stereocenters. The molecule has 0 bridgehead atoms. The average molecular weight is 263 g/mol. The molecule has 0 aliphatic rings. The molecule has 0 fully saturated rings. The first-order valence-corrected chi connectivity index (χ1v) is 5.58. The van der Waals surface area contributed by atoms with Gasteiger partial charge in [0, 0.05) is 12.6 Å². The molecule has 1 heterocycles. The van der Waals surface area contributed by atoms with Crippen molar-refractivity contribution < 1.29 is 14.8 Å². The molecule has 0 aliphatic carbocycles. The number of nitrogens with zero attached hydrogens (tertiary/aromatic N) is 3. The minimum Gasteiger partial charge on any atom is -0.477 e. The van der Waals surface area contributed by atoms with Crippen molar-refractivity contribution in [3.05, 3.63) is 27.9 Å². The van der Waals surface area contributed by atoms with Crippen molar-refractivity contribution in [2.45, 2.75) is 13.3 Å². The van der Waals surface area contributed by atoms with Gasteiger partial charge < -0.3 is 10.0 Å². The van der Waals surface area contributed by atoms with Crippen LogP contribution >= 0.6 is 0 Å². The van der Waals surface area contributed by atoms with Crippen LogP contribution in [0.5, 0.6) is 0 Å². The van der Waals surface area contributed by atoms with Gasteiger partial charge in [-0.15, -0.1) is 6.42 Å². The van der Waals surface area contributed by atoms with E-state index in [4.69, 9.17) is 11.5 Å². The second kappa shape index (κ2) is 6.35. The lowest BCUT2D eigenvalue weighted by molar-refractivity contribution is -0.384. The topological polar surface area (TPSA) is 96.6 Å². The number of hydrogen-bond donors (Lipinski definition) is 1. The molecular weight excluding hydrogens is 250 g/mol. The maximum atomic E-state index is 11.0. The van der Waals surface area contributed by atoms with E-state index < -0.39 is 10.9 Å². The van der Waals surface area contributed by atoms with E-state index in [1.807, 2.05) is 6.92 Å². The van der Waals surface area contributed by atoms with Crippen LogP contribution in [0.25, 0.3) is 0 Å². The second-order valence-electron chi connectivity index (χ2n) is 3.73. The van der Waals surface area contributed by atoms with E-state index in [9.17, 15) is 14.9 Å². The van der Waals surface area contributed by atoms with Crippen LogP contribution in [0.1, 0.15) is 23.8 Å². The van der Waals surface area contributed by atoms with Crippen molar-refractivity contribution in [1.29, 1.82) is 0 Å². The Hall–Kier alpha value is -2.62. The SMILES string of the molecule is C#CCN(CCC)c1nc(C(=O)O)ccc1[N+](=O)[O-]. The number of nitro groups is 1. The molecule has 1 N–H and O–H groups in total. The molecule has 100 valence electrons. The van der Waals surface area contributed by atoms with Crippen LogP contribution in [-0.2, 0) is 0 Å². The van der Waals surface area contributed by atoms with E-state index in [1.54, 1.807) is 0 Å². The number of aromatic carboxylic acids is 1.